The standard InChI is InChI=1S/C17H10N4O/c18-10-14-17(20-21-19-14)12-7-5-11(6-8-12)16-9-13-3-1-2-4-15(13)22-16/h1-9H,(H,19,20,21). The Hall–Kier alpha value is -3.39. The third-order valence-electron chi connectivity index (χ3n) is 3.53. The summed E-state index contributed by atoms with van der Waals surface area (Å²) >= 11 is 0. The maximum absolute atomic E-state index is 9.01. The summed E-state index contributed by atoms with van der Waals surface area (Å²) in [5.74, 6) is 0.813. The SMILES string of the molecule is N#Cc1[nH]nnc1-c1ccc(-c2cc3ccccc3o2)cc1. The van der Waals surface area contributed by atoms with Crippen LogP contribution < -0.4 is 0 Å². The lowest BCUT2D eigenvalue weighted by Gasteiger charge is -1.99. The quantitative estimate of drug-likeness (QED) is 0.608. The van der Waals surface area contributed by atoms with E-state index < -0.39 is 0 Å². The molecule has 0 unspecified atom stereocenters. The van der Waals surface area contributed by atoms with E-state index >= 15 is 0 Å². The van der Waals surface area contributed by atoms with Crippen LogP contribution in [0.3, 0.4) is 0 Å². The number of aromatic amines is 1. The minimum absolute atomic E-state index is 0.358. The van der Waals surface area contributed by atoms with E-state index in [0.717, 1.165) is 27.9 Å². The van der Waals surface area contributed by atoms with Crippen molar-refractivity contribution in [1.82, 2.24) is 15.4 Å². The zero-order valence-electron chi connectivity index (χ0n) is 11.4. The van der Waals surface area contributed by atoms with Gasteiger partial charge in [0.15, 0.2) is 5.69 Å². The normalized spacial score (nSPS) is 10.7. The average molecular weight is 286 g/mol. The highest BCUT2D eigenvalue weighted by Crippen LogP contribution is 2.29. The Bertz CT molecular complexity index is 956. The van der Waals surface area contributed by atoms with Crippen LogP contribution in [0.2, 0.25) is 0 Å². The van der Waals surface area contributed by atoms with Gasteiger partial charge in [-0.05, 0) is 12.1 Å². The first-order chi connectivity index (χ1) is 10.8. The van der Waals surface area contributed by atoms with Crippen LogP contribution in [0.25, 0.3) is 33.6 Å². The molecule has 0 atom stereocenters. The van der Waals surface area contributed by atoms with Crippen molar-refractivity contribution < 1.29 is 4.42 Å². The first kappa shape index (κ1) is 12.4. The van der Waals surface area contributed by atoms with E-state index in [1.807, 2.05) is 60.7 Å². The van der Waals surface area contributed by atoms with Crippen LogP contribution in [0, 0.1) is 11.3 Å². The molecule has 0 saturated heterocycles. The fourth-order valence-corrected chi connectivity index (χ4v) is 2.42. The van der Waals surface area contributed by atoms with Crippen molar-refractivity contribution >= 4 is 11.0 Å². The van der Waals surface area contributed by atoms with Gasteiger partial charge in [-0.15, -0.1) is 5.10 Å². The summed E-state index contributed by atoms with van der Waals surface area (Å²) in [6, 6.07) is 19.7. The number of fused-ring (bicyclic) bond motifs is 1. The molecule has 104 valence electrons. The Labute approximate surface area is 125 Å². The highest BCUT2D eigenvalue weighted by molar-refractivity contribution is 5.83. The Morgan fingerprint density at radius 3 is 2.55 bits per heavy atom. The van der Waals surface area contributed by atoms with Crippen LogP contribution in [0.15, 0.2) is 59.0 Å². The van der Waals surface area contributed by atoms with Gasteiger partial charge in [0.05, 0.1) is 0 Å². The van der Waals surface area contributed by atoms with E-state index in [-0.39, 0.29) is 0 Å². The zero-order valence-corrected chi connectivity index (χ0v) is 11.4. The molecule has 0 radical (unpaired) electrons. The second kappa shape index (κ2) is 4.86. The first-order valence-electron chi connectivity index (χ1n) is 6.76. The monoisotopic (exact) mass is 286 g/mol. The van der Waals surface area contributed by atoms with Gasteiger partial charge in [-0.1, -0.05) is 47.7 Å². The van der Waals surface area contributed by atoms with Gasteiger partial charge in [-0.25, -0.2) is 5.10 Å². The smallest absolute Gasteiger partial charge is 0.163 e. The molecule has 4 rings (SSSR count). The molecule has 0 aliphatic carbocycles. The van der Waals surface area contributed by atoms with Crippen LogP contribution in [-0.2, 0) is 0 Å². The first-order valence-corrected chi connectivity index (χ1v) is 6.76. The number of nitrogens with one attached hydrogen (secondary N) is 1. The molecule has 0 bridgehead atoms. The van der Waals surface area contributed by atoms with Gasteiger partial charge < -0.3 is 4.42 Å². The summed E-state index contributed by atoms with van der Waals surface area (Å²) in [6.07, 6.45) is 0. The summed E-state index contributed by atoms with van der Waals surface area (Å²) in [5, 5.41) is 20.3. The number of nitriles is 1. The summed E-state index contributed by atoms with van der Waals surface area (Å²) in [6.45, 7) is 0. The molecule has 22 heavy (non-hydrogen) atoms. The number of nitrogens with zero attached hydrogens (tertiary/aromatic N) is 3. The van der Waals surface area contributed by atoms with Crippen molar-refractivity contribution in [2.75, 3.05) is 0 Å². The van der Waals surface area contributed by atoms with E-state index in [9.17, 15) is 0 Å². The molecule has 1 N–H and O–H groups in total. The van der Waals surface area contributed by atoms with Gasteiger partial charge in [-0.3, -0.25) is 0 Å². The van der Waals surface area contributed by atoms with Gasteiger partial charge >= 0.3 is 0 Å². The van der Waals surface area contributed by atoms with Crippen molar-refractivity contribution in [2.45, 2.75) is 0 Å². The van der Waals surface area contributed by atoms with Crippen molar-refractivity contribution in [3.8, 4) is 28.7 Å². The van der Waals surface area contributed by atoms with Gasteiger partial charge in [0.2, 0.25) is 0 Å². The fourth-order valence-electron chi connectivity index (χ4n) is 2.42. The molecule has 4 aromatic rings. The summed E-state index contributed by atoms with van der Waals surface area (Å²) < 4.78 is 5.84. The molecule has 0 spiro atoms. The maximum Gasteiger partial charge on any atom is 0.163 e. The van der Waals surface area contributed by atoms with Gasteiger partial charge in [0.1, 0.15) is 23.1 Å². The van der Waals surface area contributed by atoms with Gasteiger partial charge in [0.25, 0.3) is 0 Å². The highest BCUT2D eigenvalue weighted by Gasteiger charge is 2.10. The van der Waals surface area contributed by atoms with Crippen molar-refractivity contribution in [2.24, 2.45) is 0 Å². The average Bonchev–Trinajstić information content (AvgIpc) is 3.21. The lowest BCUT2D eigenvalue weighted by Crippen LogP contribution is -1.83. The molecule has 2 aromatic heterocycles. The molecule has 0 amide bonds. The maximum atomic E-state index is 9.01. The van der Waals surface area contributed by atoms with E-state index in [2.05, 4.69) is 15.4 Å². The van der Waals surface area contributed by atoms with Gasteiger partial charge in [0, 0.05) is 16.5 Å². The molecule has 2 aromatic carbocycles. The van der Waals surface area contributed by atoms with Crippen LogP contribution in [0.4, 0.5) is 0 Å². The van der Waals surface area contributed by atoms with Crippen molar-refractivity contribution in [3.63, 3.8) is 0 Å². The third-order valence-corrected chi connectivity index (χ3v) is 3.53. The van der Waals surface area contributed by atoms with E-state index in [1.54, 1.807) is 0 Å². The number of benzene rings is 2. The molecule has 2 heterocycles. The summed E-state index contributed by atoms with van der Waals surface area (Å²) in [4.78, 5) is 0. The Morgan fingerprint density at radius 2 is 1.77 bits per heavy atom. The number of para-hydroxylation sites is 1. The lowest BCUT2D eigenvalue weighted by molar-refractivity contribution is 0.631. The number of rotatable bonds is 2. The highest BCUT2D eigenvalue weighted by atomic mass is 16.3. The van der Waals surface area contributed by atoms with E-state index in [0.29, 0.717) is 11.4 Å². The Balaban J connectivity index is 1.74. The van der Waals surface area contributed by atoms with Crippen LogP contribution in [0.5, 0.6) is 0 Å². The largest absolute Gasteiger partial charge is 0.456 e. The molecule has 0 saturated carbocycles. The number of hydrogen-bond donors (Lipinski definition) is 1. The Kier molecular flexibility index (Phi) is 2.73. The second-order valence-electron chi connectivity index (χ2n) is 4.87. The van der Waals surface area contributed by atoms with Crippen LogP contribution in [0.1, 0.15) is 5.69 Å². The number of aromatic nitrogens is 3. The predicted molar refractivity (Wildman–Crippen MR) is 81.7 cm³/mol. The second-order valence-corrected chi connectivity index (χ2v) is 4.87. The van der Waals surface area contributed by atoms with E-state index in [1.165, 1.54) is 0 Å². The number of hydrogen-bond acceptors (Lipinski definition) is 4. The molecule has 0 aliphatic rings. The van der Waals surface area contributed by atoms with Crippen LogP contribution >= 0.6 is 0 Å². The topological polar surface area (TPSA) is 78.5 Å². The van der Waals surface area contributed by atoms with Crippen molar-refractivity contribution in [3.05, 3.63) is 60.3 Å². The molecule has 0 fully saturated rings. The molecular weight excluding hydrogens is 276 g/mol. The van der Waals surface area contributed by atoms with Crippen LogP contribution in [-0.4, -0.2) is 15.4 Å². The minimum Gasteiger partial charge on any atom is -0.456 e. The van der Waals surface area contributed by atoms with E-state index in [4.69, 9.17) is 9.68 Å². The van der Waals surface area contributed by atoms with Gasteiger partial charge in [-0.2, -0.15) is 5.26 Å². The molecular formula is C17H10N4O. The predicted octanol–water partition coefficient (Wildman–Crippen LogP) is 3.76. The third kappa shape index (κ3) is 1.95. The molecule has 0 aliphatic heterocycles. The minimum atomic E-state index is 0.358. The number of H-pyrrole nitrogens is 1. The fraction of sp³-hybridized carbons (Fsp3) is 0. The van der Waals surface area contributed by atoms with Crippen molar-refractivity contribution in [1.29, 1.82) is 5.26 Å². The molecule has 5 nitrogen and oxygen atoms in total. The molecule has 5 heteroatoms. The zero-order chi connectivity index (χ0) is 14.9. The summed E-state index contributed by atoms with van der Waals surface area (Å²) in [7, 11) is 0. The number of furan rings is 1. The lowest BCUT2D eigenvalue weighted by atomic mass is 10.1. The Morgan fingerprint density at radius 1 is 1.00 bits per heavy atom. The summed E-state index contributed by atoms with van der Waals surface area (Å²) in [5.41, 5.74) is 3.59.